The molecule has 0 unspecified atom stereocenters. The molecule has 0 radical (unpaired) electrons. The Labute approximate surface area is 47.9 Å². The normalized spacial score (nSPS) is 7.88. The van der Waals surface area contributed by atoms with Gasteiger partial charge in [-0.3, -0.25) is 0 Å². The second-order valence-electron chi connectivity index (χ2n) is 1.49. The summed E-state index contributed by atoms with van der Waals surface area (Å²) < 4.78 is 4.39. The molecule has 4 nitrogen and oxygen atoms in total. The fourth-order valence-electron chi connectivity index (χ4n) is 0.232. The van der Waals surface area contributed by atoms with E-state index in [2.05, 4.69) is 10.5 Å². The zero-order valence-electron chi connectivity index (χ0n) is 4.97. The van der Waals surface area contributed by atoms with Gasteiger partial charge in [-0.2, -0.15) is 0 Å². The number of ether oxygens (including phenoxy) is 1. The lowest BCUT2D eigenvalue weighted by Gasteiger charge is -2.01. The molecule has 4 heteroatoms. The molecule has 0 aliphatic heterocycles. The summed E-state index contributed by atoms with van der Waals surface area (Å²) >= 11 is 0. The van der Waals surface area contributed by atoms with Crippen LogP contribution >= 0.6 is 0 Å². The molecule has 0 aromatic rings. The lowest BCUT2D eigenvalue weighted by molar-refractivity contribution is 0.125. The predicted molar refractivity (Wildman–Crippen MR) is 29.4 cm³/mol. The van der Waals surface area contributed by atoms with Crippen molar-refractivity contribution >= 4 is 6.09 Å². The molecule has 0 atom stereocenters. The zero-order chi connectivity index (χ0) is 5.86. The summed E-state index contributed by atoms with van der Waals surface area (Å²) in [4.78, 5) is 9.81. The third-order valence-corrected chi connectivity index (χ3v) is 0.352. The molecular weight excluding hydrogens is 110 g/mol. The van der Waals surface area contributed by atoms with Crippen LogP contribution in [0, 0.1) is 0 Å². The Hall–Kier alpha value is -0.770. The number of hydrogen-bond donors (Lipinski definition) is 1. The van der Waals surface area contributed by atoms with E-state index in [0.29, 0.717) is 0 Å². The van der Waals surface area contributed by atoms with Crippen LogP contribution in [0.1, 0.15) is 13.8 Å². The van der Waals surface area contributed by atoms with Crippen molar-refractivity contribution < 1.29 is 15.0 Å². The second-order valence-corrected chi connectivity index (χ2v) is 1.49. The summed E-state index contributed by atoms with van der Waals surface area (Å²) in [5.74, 6) is 0. The Kier molecular flexibility index (Phi) is 5.63. The van der Waals surface area contributed by atoms with Crippen LogP contribution in [0.15, 0.2) is 0 Å². The van der Waals surface area contributed by atoms with E-state index in [9.17, 15) is 4.79 Å². The molecule has 0 aromatic carbocycles. The Morgan fingerprint density at radius 1 is 1.62 bits per heavy atom. The van der Waals surface area contributed by atoms with Crippen molar-refractivity contribution in [3.8, 4) is 0 Å². The first-order valence-corrected chi connectivity index (χ1v) is 2.09. The van der Waals surface area contributed by atoms with Crippen LogP contribution in [0.5, 0.6) is 0 Å². The van der Waals surface area contributed by atoms with Crippen LogP contribution in [0.2, 0.25) is 0 Å². The van der Waals surface area contributed by atoms with Gasteiger partial charge in [0.1, 0.15) is 0 Å². The van der Waals surface area contributed by atoms with Gasteiger partial charge in [-0.15, -0.1) is 0 Å². The Bertz CT molecular complexity index is 71.7. The van der Waals surface area contributed by atoms with E-state index in [1.54, 1.807) is 13.8 Å². The molecule has 0 fully saturated rings. The van der Waals surface area contributed by atoms with Gasteiger partial charge in [0.15, 0.2) is 0 Å². The summed E-state index contributed by atoms with van der Waals surface area (Å²) in [5, 5.41) is 0. The molecule has 1 amide bonds. The number of rotatable bonds is 1. The fourth-order valence-corrected chi connectivity index (χ4v) is 0.232. The molecular formula is C4H11NO3. The van der Waals surface area contributed by atoms with Gasteiger partial charge in [-0.25, -0.2) is 4.79 Å². The van der Waals surface area contributed by atoms with E-state index in [1.165, 1.54) is 0 Å². The maximum Gasteiger partial charge on any atom is 0.404 e. The minimum Gasteiger partial charge on any atom is -0.447 e. The van der Waals surface area contributed by atoms with Crippen LogP contribution in [-0.4, -0.2) is 17.7 Å². The first-order valence-electron chi connectivity index (χ1n) is 2.09. The maximum absolute atomic E-state index is 9.81. The highest BCUT2D eigenvalue weighted by molar-refractivity contribution is 5.64. The van der Waals surface area contributed by atoms with Gasteiger partial charge in [0.25, 0.3) is 0 Å². The minimum absolute atomic E-state index is 0. The maximum atomic E-state index is 9.81. The summed E-state index contributed by atoms with van der Waals surface area (Å²) in [5.41, 5.74) is 4.63. The largest absolute Gasteiger partial charge is 0.447 e. The number of carbonyl (C=O) groups excluding carboxylic acids is 1. The van der Waals surface area contributed by atoms with Gasteiger partial charge in [0.2, 0.25) is 0 Å². The molecule has 4 N–H and O–H groups in total. The smallest absolute Gasteiger partial charge is 0.404 e. The minimum atomic E-state index is -0.713. The van der Waals surface area contributed by atoms with Gasteiger partial charge >= 0.3 is 6.09 Å². The van der Waals surface area contributed by atoms with E-state index in [4.69, 9.17) is 0 Å². The summed E-state index contributed by atoms with van der Waals surface area (Å²) in [6.07, 6.45) is -0.813. The first kappa shape index (κ1) is 10.3. The van der Waals surface area contributed by atoms with Crippen LogP contribution in [0.4, 0.5) is 4.79 Å². The van der Waals surface area contributed by atoms with E-state index in [0.717, 1.165) is 0 Å². The van der Waals surface area contributed by atoms with Gasteiger partial charge < -0.3 is 15.9 Å². The summed E-state index contributed by atoms with van der Waals surface area (Å²) in [6, 6.07) is 0. The Morgan fingerprint density at radius 2 is 2.00 bits per heavy atom. The number of nitrogens with two attached hydrogens (primary N) is 1. The lowest BCUT2D eigenvalue weighted by atomic mass is 10.5. The lowest BCUT2D eigenvalue weighted by Crippen LogP contribution is -2.17. The molecule has 8 heavy (non-hydrogen) atoms. The van der Waals surface area contributed by atoms with Crippen molar-refractivity contribution in [1.82, 2.24) is 0 Å². The molecule has 0 aliphatic carbocycles. The summed E-state index contributed by atoms with van der Waals surface area (Å²) in [7, 11) is 0. The molecule has 0 bridgehead atoms. The molecule has 0 saturated heterocycles. The highest BCUT2D eigenvalue weighted by atomic mass is 16.6. The van der Waals surface area contributed by atoms with Crippen molar-refractivity contribution in [3.05, 3.63) is 0 Å². The number of amides is 1. The third kappa shape index (κ3) is 8.97. The van der Waals surface area contributed by atoms with Crippen LogP contribution < -0.4 is 5.73 Å². The third-order valence-electron chi connectivity index (χ3n) is 0.352. The SMILES string of the molecule is CC(C)OC(N)=O.O. The molecule has 0 rings (SSSR count). The molecule has 0 aliphatic rings. The highest BCUT2D eigenvalue weighted by Gasteiger charge is 1.94. The molecule has 0 spiro atoms. The van der Waals surface area contributed by atoms with E-state index >= 15 is 0 Å². The van der Waals surface area contributed by atoms with Gasteiger partial charge in [-0.1, -0.05) is 0 Å². The van der Waals surface area contributed by atoms with E-state index < -0.39 is 6.09 Å². The van der Waals surface area contributed by atoms with Crippen molar-refractivity contribution in [2.75, 3.05) is 0 Å². The average molecular weight is 121 g/mol. The quantitative estimate of drug-likeness (QED) is 0.515. The standard InChI is InChI=1S/C4H9NO2.H2O/c1-3(2)7-4(5)6;/h3H,1-2H3,(H2,5,6);1H2. The predicted octanol–water partition coefficient (Wildman–Crippen LogP) is -0.335. The van der Waals surface area contributed by atoms with Gasteiger partial charge in [0.05, 0.1) is 6.10 Å². The first-order chi connectivity index (χ1) is 3.13. The average Bonchev–Trinajstić information content (AvgIpc) is 1.27. The van der Waals surface area contributed by atoms with Crippen molar-refractivity contribution in [3.63, 3.8) is 0 Å². The van der Waals surface area contributed by atoms with E-state index in [1.807, 2.05) is 0 Å². The highest BCUT2D eigenvalue weighted by Crippen LogP contribution is 1.83. The molecule has 50 valence electrons. The van der Waals surface area contributed by atoms with Crippen LogP contribution in [-0.2, 0) is 4.74 Å². The summed E-state index contributed by atoms with van der Waals surface area (Å²) in [6.45, 7) is 3.48. The molecule has 0 heterocycles. The Morgan fingerprint density at radius 3 is 2.00 bits per heavy atom. The number of hydrogen-bond acceptors (Lipinski definition) is 2. The monoisotopic (exact) mass is 121 g/mol. The zero-order valence-corrected chi connectivity index (χ0v) is 4.97. The fraction of sp³-hybridized carbons (Fsp3) is 0.750. The Balaban J connectivity index is 0. The number of primary amides is 1. The molecule has 0 aromatic heterocycles. The van der Waals surface area contributed by atoms with E-state index in [-0.39, 0.29) is 11.6 Å². The van der Waals surface area contributed by atoms with Crippen LogP contribution in [0.3, 0.4) is 0 Å². The van der Waals surface area contributed by atoms with Crippen molar-refractivity contribution in [2.24, 2.45) is 5.73 Å². The van der Waals surface area contributed by atoms with Crippen molar-refractivity contribution in [1.29, 1.82) is 0 Å². The van der Waals surface area contributed by atoms with Gasteiger partial charge in [0, 0.05) is 0 Å². The second kappa shape index (κ2) is 4.39. The van der Waals surface area contributed by atoms with Crippen molar-refractivity contribution in [2.45, 2.75) is 20.0 Å². The van der Waals surface area contributed by atoms with Gasteiger partial charge in [-0.05, 0) is 13.8 Å². The topological polar surface area (TPSA) is 83.8 Å². The van der Waals surface area contributed by atoms with Crippen LogP contribution in [0.25, 0.3) is 0 Å². The number of carbonyl (C=O) groups is 1. The molecule has 0 saturated carbocycles.